The highest BCUT2D eigenvalue weighted by Crippen LogP contribution is 2.26. The van der Waals surface area contributed by atoms with Crippen molar-refractivity contribution in [1.29, 1.82) is 0 Å². The van der Waals surface area contributed by atoms with Gasteiger partial charge in [-0.25, -0.2) is 4.98 Å². The molecule has 2 aliphatic rings. The van der Waals surface area contributed by atoms with Crippen LogP contribution in [0.4, 0.5) is 0 Å². The summed E-state index contributed by atoms with van der Waals surface area (Å²) in [6, 6.07) is 4.48. The molecule has 2 aromatic heterocycles. The predicted molar refractivity (Wildman–Crippen MR) is 113 cm³/mol. The molecule has 2 aromatic rings. The van der Waals surface area contributed by atoms with E-state index in [2.05, 4.69) is 52.9 Å². The van der Waals surface area contributed by atoms with Crippen molar-refractivity contribution in [2.45, 2.75) is 52.0 Å². The summed E-state index contributed by atoms with van der Waals surface area (Å²) in [6.45, 7) is 7.10. The fourth-order valence-electron chi connectivity index (χ4n) is 4.93. The first-order valence-corrected chi connectivity index (χ1v) is 11.0. The van der Waals surface area contributed by atoms with Crippen molar-refractivity contribution >= 4 is 16.9 Å². The Morgan fingerprint density at radius 3 is 2.75 bits per heavy atom. The third-order valence-corrected chi connectivity index (χ3v) is 6.75. The predicted octanol–water partition coefficient (Wildman–Crippen LogP) is 3.57. The van der Waals surface area contributed by atoms with Gasteiger partial charge in [0, 0.05) is 43.3 Å². The molecule has 0 N–H and O–H groups in total. The van der Waals surface area contributed by atoms with Crippen LogP contribution >= 0.6 is 0 Å². The molecule has 152 valence electrons. The van der Waals surface area contributed by atoms with Gasteiger partial charge in [0.05, 0.1) is 0 Å². The molecule has 4 rings (SSSR count). The van der Waals surface area contributed by atoms with Crippen LogP contribution in [0.25, 0.3) is 11.0 Å². The van der Waals surface area contributed by atoms with E-state index in [0.717, 1.165) is 70.5 Å². The summed E-state index contributed by atoms with van der Waals surface area (Å²) in [5.41, 5.74) is 2.42. The van der Waals surface area contributed by atoms with Crippen LogP contribution in [0, 0.1) is 11.8 Å². The van der Waals surface area contributed by atoms with E-state index in [1.54, 1.807) is 0 Å². The number of hydrogen-bond donors (Lipinski definition) is 0. The van der Waals surface area contributed by atoms with Crippen molar-refractivity contribution in [3.05, 3.63) is 30.1 Å². The van der Waals surface area contributed by atoms with Gasteiger partial charge in [0.15, 0.2) is 0 Å². The van der Waals surface area contributed by atoms with Crippen LogP contribution in [0.15, 0.2) is 24.5 Å². The average molecular weight is 383 g/mol. The summed E-state index contributed by atoms with van der Waals surface area (Å²) in [6.07, 6.45) is 10.8. The Bertz CT molecular complexity index is 806. The number of nitrogens with zero attached hydrogens (tertiary/aromatic N) is 4. The summed E-state index contributed by atoms with van der Waals surface area (Å²) in [5, 5.41) is 1.24. The lowest BCUT2D eigenvalue weighted by atomic mass is 9.93. The molecule has 2 aliphatic heterocycles. The molecular formula is C23H34N4O. The summed E-state index contributed by atoms with van der Waals surface area (Å²) >= 11 is 0. The maximum absolute atomic E-state index is 12.9. The van der Waals surface area contributed by atoms with Crippen molar-refractivity contribution < 1.29 is 4.79 Å². The Labute approximate surface area is 168 Å². The molecular weight excluding hydrogens is 348 g/mol. The zero-order valence-corrected chi connectivity index (χ0v) is 17.4. The molecule has 2 fully saturated rings. The first-order valence-electron chi connectivity index (χ1n) is 11.0. The molecule has 4 heterocycles. The fraction of sp³-hybridized carbons (Fsp3) is 0.652. The molecule has 0 bridgehead atoms. The van der Waals surface area contributed by atoms with E-state index in [9.17, 15) is 4.79 Å². The number of rotatable bonds is 4. The number of carbonyl (C=O) groups excluding carboxylic acids is 1. The first kappa shape index (κ1) is 19.4. The van der Waals surface area contributed by atoms with Crippen molar-refractivity contribution in [2.24, 2.45) is 11.8 Å². The fourth-order valence-corrected chi connectivity index (χ4v) is 4.93. The zero-order valence-electron chi connectivity index (χ0n) is 17.4. The number of hydrogen-bond acceptors (Lipinski definition) is 3. The molecule has 1 atom stereocenters. The van der Waals surface area contributed by atoms with Gasteiger partial charge in [-0.05, 0) is 89.2 Å². The van der Waals surface area contributed by atoms with E-state index in [-0.39, 0.29) is 5.92 Å². The minimum atomic E-state index is 0.252. The molecule has 0 radical (unpaired) electrons. The van der Waals surface area contributed by atoms with Gasteiger partial charge in [-0.3, -0.25) is 4.79 Å². The lowest BCUT2D eigenvalue weighted by Crippen LogP contribution is -2.42. The number of likely N-dealkylation sites (tertiary alicyclic amines) is 2. The maximum atomic E-state index is 12.9. The molecule has 2 saturated heterocycles. The minimum absolute atomic E-state index is 0.252. The normalized spacial score (nSPS) is 22.5. The molecule has 5 heteroatoms. The van der Waals surface area contributed by atoms with E-state index in [0.29, 0.717) is 11.8 Å². The Morgan fingerprint density at radius 2 is 1.96 bits per heavy atom. The van der Waals surface area contributed by atoms with E-state index >= 15 is 0 Å². The zero-order chi connectivity index (χ0) is 19.5. The smallest absolute Gasteiger partial charge is 0.225 e. The largest absolute Gasteiger partial charge is 0.342 e. The van der Waals surface area contributed by atoms with E-state index in [1.165, 1.54) is 17.4 Å². The standard InChI is InChI=1S/C23H34N4O/c1-3-26-14-9-21-16-19(17-24-22(21)26)15-18-5-4-10-27(13-6-18)23(28)20-7-11-25(2)12-8-20/h9,14,16-18,20H,3-8,10-13,15H2,1-2H3. The van der Waals surface area contributed by atoms with Crippen LogP contribution in [0.3, 0.4) is 0 Å². The van der Waals surface area contributed by atoms with Crippen LogP contribution in [0.1, 0.15) is 44.6 Å². The van der Waals surface area contributed by atoms with Gasteiger partial charge in [-0.15, -0.1) is 0 Å². The molecule has 1 unspecified atom stereocenters. The number of carbonyl (C=O) groups is 1. The quantitative estimate of drug-likeness (QED) is 0.812. The van der Waals surface area contributed by atoms with Gasteiger partial charge < -0.3 is 14.4 Å². The highest BCUT2D eigenvalue weighted by Gasteiger charge is 2.29. The number of piperidine rings is 1. The van der Waals surface area contributed by atoms with Gasteiger partial charge in [-0.1, -0.05) is 0 Å². The maximum Gasteiger partial charge on any atom is 0.225 e. The Morgan fingerprint density at radius 1 is 1.14 bits per heavy atom. The monoisotopic (exact) mass is 382 g/mol. The summed E-state index contributed by atoms with van der Waals surface area (Å²) in [7, 11) is 2.15. The van der Waals surface area contributed by atoms with Gasteiger partial charge in [0.2, 0.25) is 5.91 Å². The van der Waals surface area contributed by atoms with Crippen LogP contribution < -0.4 is 0 Å². The molecule has 0 aromatic carbocycles. The van der Waals surface area contributed by atoms with Gasteiger partial charge in [0.1, 0.15) is 5.65 Å². The molecule has 28 heavy (non-hydrogen) atoms. The molecule has 0 spiro atoms. The van der Waals surface area contributed by atoms with Crippen LogP contribution in [-0.2, 0) is 17.8 Å². The summed E-state index contributed by atoms with van der Waals surface area (Å²) in [4.78, 5) is 22.2. The van der Waals surface area contributed by atoms with Gasteiger partial charge in [0.25, 0.3) is 0 Å². The number of amides is 1. The van der Waals surface area contributed by atoms with Gasteiger partial charge in [-0.2, -0.15) is 0 Å². The van der Waals surface area contributed by atoms with Crippen molar-refractivity contribution in [2.75, 3.05) is 33.2 Å². The average Bonchev–Trinajstić information content (AvgIpc) is 2.98. The molecule has 0 saturated carbocycles. The van der Waals surface area contributed by atoms with E-state index in [4.69, 9.17) is 4.98 Å². The van der Waals surface area contributed by atoms with Crippen LogP contribution in [-0.4, -0.2) is 58.5 Å². The number of pyridine rings is 1. The lowest BCUT2D eigenvalue weighted by Gasteiger charge is -2.32. The second kappa shape index (κ2) is 8.64. The highest BCUT2D eigenvalue weighted by atomic mass is 16.2. The Kier molecular flexibility index (Phi) is 6.00. The third-order valence-electron chi connectivity index (χ3n) is 6.75. The first-order chi connectivity index (χ1) is 13.6. The van der Waals surface area contributed by atoms with Crippen molar-refractivity contribution in [3.8, 4) is 0 Å². The number of aromatic nitrogens is 2. The Balaban J connectivity index is 1.34. The van der Waals surface area contributed by atoms with Crippen LogP contribution in [0.2, 0.25) is 0 Å². The lowest BCUT2D eigenvalue weighted by molar-refractivity contribution is -0.136. The van der Waals surface area contributed by atoms with E-state index < -0.39 is 0 Å². The van der Waals surface area contributed by atoms with E-state index in [1.807, 2.05) is 0 Å². The summed E-state index contributed by atoms with van der Waals surface area (Å²) in [5.74, 6) is 1.32. The molecule has 0 aliphatic carbocycles. The number of aryl methyl sites for hydroxylation is 1. The third kappa shape index (κ3) is 4.24. The number of fused-ring (bicyclic) bond motifs is 1. The molecule has 5 nitrogen and oxygen atoms in total. The second-order valence-electron chi connectivity index (χ2n) is 8.76. The van der Waals surface area contributed by atoms with Gasteiger partial charge >= 0.3 is 0 Å². The highest BCUT2D eigenvalue weighted by molar-refractivity contribution is 5.79. The minimum Gasteiger partial charge on any atom is -0.342 e. The SMILES string of the molecule is CCn1ccc2cc(CC3CCCN(C(=O)C4CCN(C)CC4)CC3)cnc21. The van der Waals surface area contributed by atoms with Crippen molar-refractivity contribution in [3.63, 3.8) is 0 Å². The second-order valence-corrected chi connectivity index (χ2v) is 8.76. The van der Waals surface area contributed by atoms with Crippen LogP contribution in [0.5, 0.6) is 0 Å². The topological polar surface area (TPSA) is 41.4 Å². The summed E-state index contributed by atoms with van der Waals surface area (Å²) < 4.78 is 2.19. The Hall–Kier alpha value is -1.88. The van der Waals surface area contributed by atoms with Crippen molar-refractivity contribution in [1.82, 2.24) is 19.4 Å². The molecule has 1 amide bonds.